The van der Waals surface area contributed by atoms with Crippen molar-refractivity contribution in [3.05, 3.63) is 48.0 Å². The minimum absolute atomic E-state index is 0.0240. The van der Waals surface area contributed by atoms with Crippen LogP contribution < -0.4 is 10.2 Å². The standard InChI is InChI=1S/C22H24N4OS/c1-25-10-12-26(13-11-25)18-7-2-15(3-8-18)22-24-19-9-4-16(14-20(19)28-22)21(27)23-17-5-6-17/h2-4,7-9,14,17H,5-6,10-13H2,1H3,(H,23,27). The van der Waals surface area contributed by atoms with Gasteiger partial charge >= 0.3 is 0 Å². The molecular weight excluding hydrogens is 368 g/mol. The highest BCUT2D eigenvalue weighted by molar-refractivity contribution is 7.21. The van der Waals surface area contributed by atoms with E-state index in [-0.39, 0.29) is 5.91 Å². The molecule has 0 radical (unpaired) electrons. The van der Waals surface area contributed by atoms with Crippen LogP contribution in [0.5, 0.6) is 0 Å². The van der Waals surface area contributed by atoms with Crippen molar-refractivity contribution in [2.24, 2.45) is 0 Å². The number of amides is 1. The number of thiazole rings is 1. The summed E-state index contributed by atoms with van der Waals surface area (Å²) in [6.07, 6.45) is 2.20. The molecule has 6 heteroatoms. The lowest BCUT2D eigenvalue weighted by Gasteiger charge is -2.34. The molecule has 5 nitrogen and oxygen atoms in total. The van der Waals surface area contributed by atoms with Crippen LogP contribution in [0.25, 0.3) is 20.8 Å². The van der Waals surface area contributed by atoms with E-state index < -0.39 is 0 Å². The van der Waals surface area contributed by atoms with Crippen LogP contribution in [0.3, 0.4) is 0 Å². The molecule has 28 heavy (non-hydrogen) atoms. The monoisotopic (exact) mass is 392 g/mol. The van der Waals surface area contributed by atoms with Crippen LogP contribution >= 0.6 is 11.3 Å². The lowest BCUT2D eigenvalue weighted by atomic mass is 10.2. The molecule has 0 atom stereocenters. The number of hydrogen-bond donors (Lipinski definition) is 1. The third-order valence-corrected chi connectivity index (χ3v) is 6.61. The van der Waals surface area contributed by atoms with Gasteiger partial charge < -0.3 is 15.1 Å². The summed E-state index contributed by atoms with van der Waals surface area (Å²) < 4.78 is 1.06. The first-order chi connectivity index (χ1) is 13.7. The van der Waals surface area contributed by atoms with Crippen LogP contribution in [0.1, 0.15) is 23.2 Å². The minimum atomic E-state index is 0.0240. The van der Waals surface area contributed by atoms with E-state index in [4.69, 9.17) is 4.98 Å². The molecule has 1 amide bonds. The Hall–Kier alpha value is -2.44. The number of carbonyl (C=O) groups excluding carboxylic acids is 1. The normalized spacial score (nSPS) is 17.8. The van der Waals surface area contributed by atoms with Gasteiger partial charge in [-0.1, -0.05) is 0 Å². The molecule has 2 aliphatic rings. The van der Waals surface area contributed by atoms with Crippen molar-refractivity contribution in [2.45, 2.75) is 18.9 Å². The summed E-state index contributed by atoms with van der Waals surface area (Å²) >= 11 is 1.65. The molecule has 144 valence electrons. The molecule has 5 rings (SSSR count). The third kappa shape index (κ3) is 3.62. The molecule has 1 aliphatic carbocycles. The second-order valence-electron chi connectivity index (χ2n) is 7.79. The summed E-state index contributed by atoms with van der Waals surface area (Å²) in [4.78, 5) is 21.9. The summed E-state index contributed by atoms with van der Waals surface area (Å²) in [6, 6.07) is 14.9. The summed E-state index contributed by atoms with van der Waals surface area (Å²) in [5, 5.41) is 4.05. The first-order valence-corrected chi connectivity index (χ1v) is 10.7. The van der Waals surface area contributed by atoms with Gasteiger partial charge in [-0.25, -0.2) is 4.98 Å². The Kier molecular flexibility index (Phi) is 4.53. The molecule has 0 spiro atoms. The van der Waals surface area contributed by atoms with Crippen molar-refractivity contribution >= 4 is 33.1 Å². The van der Waals surface area contributed by atoms with Crippen LogP contribution in [0.15, 0.2) is 42.5 Å². The Bertz CT molecular complexity index is 1000. The van der Waals surface area contributed by atoms with Gasteiger partial charge in [0.05, 0.1) is 10.2 Å². The molecule has 2 fully saturated rings. The Balaban J connectivity index is 1.35. The molecule has 3 aromatic rings. The molecule has 1 N–H and O–H groups in total. The third-order valence-electron chi connectivity index (χ3n) is 5.55. The van der Waals surface area contributed by atoms with E-state index in [1.807, 2.05) is 18.2 Å². The van der Waals surface area contributed by atoms with Crippen molar-refractivity contribution in [3.63, 3.8) is 0 Å². The number of aromatic nitrogens is 1. The smallest absolute Gasteiger partial charge is 0.251 e. The van der Waals surface area contributed by atoms with Crippen LogP contribution in [0, 0.1) is 0 Å². The Morgan fingerprint density at radius 1 is 1.07 bits per heavy atom. The van der Waals surface area contributed by atoms with Gasteiger partial charge in [0.25, 0.3) is 5.91 Å². The van der Waals surface area contributed by atoms with Gasteiger partial charge in [0.2, 0.25) is 0 Å². The highest BCUT2D eigenvalue weighted by Crippen LogP contribution is 2.32. The number of piperazine rings is 1. The number of nitrogens with one attached hydrogen (secondary N) is 1. The maximum atomic E-state index is 12.3. The van der Waals surface area contributed by atoms with Gasteiger partial charge in [-0.2, -0.15) is 0 Å². The van der Waals surface area contributed by atoms with E-state index in [9.17, 15) is 4.79 Å². The number of carbonyl (C=O) groups is 1. The first-order valence-electron chi connectivity index (χ1n) is 9.91. The quantitative estimate of drug-likeness (QED) is 0.737. The predicted molar refractivity (Wildman–Crippen MR) is 115 cm³/mol. The van der Waals surface area contributed by atoms with Gasteiger partial charge in [0.15, 0.2) is 0 Å². The predicted octanol–water partition coefficient (Wildman–Crippen LogP) is 3.61. The van der Waals surface area contributed by atoms with Gasteiger partial charge in [-0.05, 0) is 62.4 Å². The van der Waals surface area contributed by atoms with Crippen LogP contribution in [0.4, 0.5) is 5.69 Å². The van der Waals surface area contributed by atoms with Crippen molar-refractivity contribution < 1.29 is 4.79 Å². The molecule has 1 saturated heterocycles. The average Bonchev–Trinajstić information content (AvgIpc) is 3.43. The number of likely N-dealkylation sites (N-methyl/N-ethyl adjacent to an activating group) is 1. The number of hydrogen-bond acceptors (Lipinski definition) is 5. The average molecular weight is 393 g/mol. The van der Waals surface area contributed by atoms with Crippen LogP contribution in [0.2, 0.25) is 0 Å². The zero-order chi connectivity index (χ0) is 19.1. The van der Waals surface area contributed by atoms with E-state index in [1.165, 1.54) is 5.69 Å². The molecule has 0 unspecified atom stereocenters. The van der Waals surface area contributed by atoms with Crippen molar-refractivity contribution in [1.29, 1.82) is 0 Å². The molecule has 1 aliphatic heterocycles. The zero-order valence-corrected chi connectivity index (χ0v) is 16.8. The maximum Gasteiger partial charge on any atom is 0.251 e. The highest BCUT2D eigenvalue weighted by atomic mass is 32.1. The fourth-order valence-corrected chi connectivity index (χ4v) is 4.58. The minimum Gasteiger partial charge on any atom is -0.369 e. The van der Waals surface area contributed by atoms with Gasteiger partial charge in [-0.15, -0.1) is 11.3 Å². The highest BCUT2D eigenvalue weighted by Gasteiger charge is 2.24. The molecule has 1 aromatic heterocycles. The number of anilines is 1. The maximum absolute atomic E-state index is 12.3. The molecule has 0 bridgehead atoms. The first kappa shape index (κ1) is 17.6. The van der Waals surface area contributed by atoms with Crippen molar-refractivity contribution in [2.75, 3.05) is 38.1 Å². The van der Waals surface area contributed by atoms with Crippen LogP contribution in [-0.2, 0) is 0 Å². The number of nitrogens with zero attached hydrogens (tertiary/aromatic N) is 3. The summed E-state index contributed by atoms with van der Waals surface area (Å²) in [6.45, 7) is 4.36. The lowest BCUT2D eigenvalue weighted by Crippen LogP contribution is -2.44. The zero-order valence-electron chi connectivity index (χ0n) is 16.0. The van der Waals surface area contributed by atoms with Gasteiger partial charge in [0.1, 0.15) is 5.01 Å². The largest absolute Gasteiger partial charge is 0.369 e. The van der Waals surface area contributed by atoms with E-state index in [2.05, 4.69) is 46.4 Å². The Morgan fingerprint density at radius 2 is 1.82 bits per heavy atom. The van der Waals surface area contributed by atoms with E-state index in [0.29, 0.717) is 6.04 Å². The molecule has 2 heterocycles. The van der Waals surface area contributed by atoms with E-state index >= 15 is 0 Å². The number of benzene rings is 2. The molecule has 1 saturated carbocycles. The fourth-order valence-electron chi connectivity index (χ4n) is 3.57. The topological polar surface area (TPSA) is 48.5 Å². The van der Waals surface area contributed by atoms with E-state index in [1.54, 1.807) is 11.3 Å². The summed E-state index contributed by atoms with van der Waals surface area (Å²) in [7, 11) is 2.18. The molecular formula is C22H24N4OS. The van der Waals surface area contributed by atoms with Crippen LogP contribution in [-0.4, -0.2) is 55.1 Å². The van der Waals surface area contributed by atoms with Crippen molar-refractivity contribution in [1.82, 2.24) is 15.2 Å². The summed E-state index contributed by atoms with van der Waals surface area (Å²) in [5.41, 5.74) is 4.08. The number of rotatable bonds is 4. The Morgan fingerprint density at radius 3 is 2.54 bits per heavy atom. The Labute approximate surface area is 169 Å². The lowest BCUT2D eigenvalue weighted by molar-refractivity contribution is 0.0951. The SMILES string of the molecule is CN1CCN(c2ccc(-c3nc4ccc(C(=O)NC5CC5)cc4s3)cc2)CC1. The summed E-state index contributed by atoms with van der Waals surface area (Å²) in [5.74, 6) is 0.0240. The van der Waals surface area contributed by atoms with E-state index in [0.717, 1.165) is 65.4 Å². The molecule has 2 aromatic carbocycles. The fraction of sp³-hybridized carbons (Fsp3) is 0.364. The van der Waals surface area contributed by atoms with Gasteiger partial charge in [-0.3, -0.25) is 4.79 Å². The number of fused-ring (bicyclic) bond motifs is 1. The van der Waals surface area contributed by atoms with Crippen molar-refractivity contribution in [3.8, 4) is 10.6 Å². The van der Waals surface area contributed by atoms with Gasteiger partial charge in [0, 0.05) is 49.0 Å². The second kappa shape index (κ2) is 7.18. The second-order valence-corrected chi connectivity index (χ2v) is 8.82.